The molecule has 0 saturated heterocycles. The second kappa shape index (κ2) is 6.69. The predicted octanol–water partition coefficient (Wildman–Crippen LogP) is 2.76. The zero-order valence-corrected chi connectivity index (χ0v) is 12.6. The van der Waals surface area contributed by atoms with Crippen LogP contribution in [-0.4, -0.2) is 29.2 Å². The number of alkyl halides is 3. The highest BCUT2D eigenvalue weighted by Gasteiger charge is 2.29. The third-order valence-corrected chi connectivity index (χ3v) is 2.71. The number of terminal acetylenes is 1. The van der Waals surface area contributed by atoms with Gasteiger partial charge in [0.2, 0.25) is 0 Å². The zero-order chi connectivity index (χ0) is 17.0. The average molecular weight is 313 g/mol. The second-order valence-electron chi connectivity index (χ2n) is 5.24. The first-order valence-corrected chi connectivity index (χ1v) is 6.69. The van der Waals surface area contributed by atoms with Gasteiger partial charge in [0.25, 0.3) is 5.91 Å². The molecule has 0 aliphatic heterocycles. The number of carbonyl (C=O) groups is 1. The summed E-state index contributed by atoms with van der Waals surface area (Å²) in [6.07, 6.45) is -0.203. The van der Waals surface area contributed by atoms with Crippen molar-refractivity contribution in [3.05, 3.63) is 23.4 Å². The predicted molar refractivity (Wildman–Crippen MR) is 78.5 cm³/mol. The maximum Gasteiger partial charge on any atom is 0.394 e. The maximum atomic E-state index is 12.4. The fourth-order valence-corrected chi connectivity index (χ4v) is 1.68. The Morgan fingerprint density at radius 3 is 2.50 bits per heavy atom. The van der Waals surface area contributed by atoms with Gasteiger partial charge in [-0.15, -0.1) is 6.42 Å². The van der Waals surface area contributed by atoms with E-state index in [0.29, 0.717) is 6.54 Å². The van der Waals surface area contributed by atoms with Gasteiger partial charge >= 0.3 is 6.18 Å². The molecule has 0 aliphatic carbocycles. The molecule has 0 aliphatic rings. The molecular weight excluding hydrogens is 295 g/mol. The molecule has 7 heteroatoms. The van der Waals surface area contributed by atoms with Crippen LogP contribution in [0.2, 0.25) is 0 Å². The van der Waals surface area contributed by atoms with Crippen LogP contribution in [0.15, 0.2) is 12.1 Å². The van der Waals surface area contributed by atoms with Gasteiger partial charge in [-0.25, -0.2) is 4.98 Å². The number of nitrogens with zero attached hydrogens (tertiary/aromatic N) is 1. The van der Waals surface area contributed by atoms with Gasteiger partial charge in [-0.05, 0) is 32.9 Å². The van der Waals surface area contributed by atoms with Crippen molar-refractivity contribution in [1.82, 2.24) is 10.3 Å². The average Bonchev–Trinajstić information content (AvgIpc) is 2.37. The molecule has 4 nitrogen and oxygen atoms in total. The standard InChI is InChI=1S/C15H18F3N3O/c1-5-14(3,4)21-13(22)11-8-7-10(9-15(16,17)18)20-12(11)19-6-2/h1,7-8H,6,9H2,2-4H3,(H,19,20)(H,21,22). The van der Waals surface area contributed by atoms with Crippen LogP contribution >= 0.6 is 0 Å². The number of hydrogen-bond donors (Lipinski definition) is 2. The van der Waals surface area contributed by atoms with Gasteiger partial charge in [0, 0.05) is 6.54 Å². The summed E-state index contributed by atoms with van der Waals surface area (Å²) in [4.78, 5) is 16.1. The number of hydrogen-bond acceptors (Lipinski definition) is 3. The minimum atomic E-state index is -4.36. The van der Waals surface area contributed by atoms with Crippen LogP contribution in [-0.2, 0) is 6.42 Å². The van der Waals surface area contributed by atoms with Gasteiger partial charge in [0.05, 0.1) is 23.2 Å². The van der Waals surface area contributed by atoms with Crippen molar-refractivity contribution in [1.29, 1.82) is 0 Å². The minimum absolute atomic E-state index is 0.106. The Bertz CT molecular complexity index is 589. The molecule has 1 aromatic heterocycles. The molecule has 0 radical (unpaired) electrons. The third kappa shape index (κ3) is 5.28. The molecule has 1 heterocycles. The van der Waals surface area contributed by atoms with Gasteiger partial charge < -0.3 is 10.6 Å². The molecule has 22 heavy (non-hydrogen) atoms. The first-order chi connectivity index (χ1) is 10.1. The maximum absolute atomic E-state index is 12.4. The highest BCUT2D eigenvalue weighted by Crippen LogP contribution is 2.22. The molecule has 0 bridgehead atoms. The van der Waals surface area contributed by atoms with Crippen molar-refractivity contribution in [2.24, 2.45) is 0 Å². The van der Waals surface area contributed by atoms with Crippen LogP contribution in [0.1, 0.15) is 36.8 Å². The van der Waals surface area contributed by atoms with E-state index in [1.54, 1.807) is 20.8 Å². The lowest BCUT2D eigenvalue weighted by atomic mass is 10.1. The summed E-state index contributed by atoms with van der Waals surface area (Å²) in [5.74, 6) is 2.03. The monoisotopic (exact) mass is 313 g/mol. The van der Waals surface area contributed by atoms with Crippen LogP contribution in [0.5, 0.6) is 0 Å². The Labute approximate surface area is 127 Å². The van der Waals surface area contributed by atoms with E-state index >= 15 is 0 Å². The van der Waals surface area contributed by atoms with E-state index in [1.807, 2.05) is 0 Å². The van der Waals surface area contributed by atoms with E-state index in [0.717, 1.165) is 0 Å². The van der Waals surface area contributed by atoms with E-state index in [9.17, 15) is 18.0 Å². The largest absolute Gasteiger partial charge is 0.394 e. The van der Waals surface area contributed by atoms with Crippen molar-refractivity contribution < 1.29 is 18.0 Å². The molecule has 120 valence electrons. The second-order valence-corrected chi connectivity index (χ2v) is 5.24. The number of aromatic nitrogens is 1. The molecule has 0 saturated carbocycles. The van der Waals surface area contributed by atoms with E-state index in [-0.39, 0.29) is 17.1 Å². The number of amides is 1. The fourth-order valence-electron chi connectivity index (χ4n) is 1.68. The van der Waals surface area contributed by atoms with Crippen molar-refractivity contribution in [3.63, 3.8) is 0 Å². The topological polar surface area (TPSA) is 54.0 Å². The Hall–Kier alpha value is -2.23. The van der Waals surface area contributed by atoms with E-state index in [1.165, 1.54) is 12.1 Å². The number of carbonyl (C=O) groups excluding carboxylic acids is 1. The van der Waals surface area contributed by atoms with Crippen molar-refractivity contribution >= 4 is 11.7 Å². The summed E-state index contributed by atoms with van der Waals surface area (Å²) in [7, 11) is 0. The number of pyridine rings is 1. The summed E-state index contributed by atoms with van der Waals surface area (Å²) in [6.45, 7) is 5.46. The Morgan fingerprint density at radius 2 is 2.00 bits per heavy atom. The molecule has 1 rings (SSSR count). The lowest BCUT2D eigenvalue weighted by Gasteiger charge is -2.20. The van der Waals surface area contributed by atoms with Gasteiger partial charge in [0.1, 0.15) is 5.82 Å². The van der Waals surface area contributed by atoms with Gasteiger partial charge in [-0.3, -0.25) is 4.79 Å². The first kappa shape index (κ1) is 17.8. The summed E-state index contributed by atoms with van der Waals surface area (Å²) in [5.41, 5.74) is -0.877. The Morgan fingerprint density at radius 1 is 1.36 bits per heavy atom. The zero-order valence-electron chi connectivity index (χ0n) is 12.6. The lowest BCUT2D eigenvalue weighted by Crippen LogP contribution is -2.42. The molecule has 0 spiro atoms. The number of halogens is 3. The molecule has 2 N–H and O–H groups in total. The third-order valence-electron chi connectivity index (χ3n) is 2.71. The van der Waals surface area contributed by atoms with Crippen LogP contribution in [0.4, 0.5) is 19.0 Å². The van der Waals surface area contributed by atoms with Crippen LogP contribution < -0.4 is 10.6 Å². The van der Waals surface area contributed by atoms with Gasteiger partial charge in [0.15, 0.2) is 0 Å². The van der Waals surface area contributed by atoms with Gasteiger partial charge in [-0.1, -0.05) is 5.92 Å². The summed E-state index contributed by atoms with van der Waals surface area (Å²) in [6, 6.07) is 2.50. The number of anilines is 1. The van der Waals surface area contributed by atoms with Crippen molar-refractivity contribution in [2.75, 3.05) is 11.9 Å². The molecule has 1 amide bonds. The molecule has 0 aromatic carbocycles. The Balaban J connectivity index is 3.09. The van der Waals surface area contributed by atoms with E-state index < -0.39 is 24.0 Å². The summed E-state index contributed by atoms with van der Waals surface area (Å²) in [5, 5.41) is 5.41. The SMILES string of the molecule is C#CC(C)(C)NC(=O)c1ccc(CC(F)(F)F)nc1NCC. The first-order valence-electron chi connectivity index (χ1n) is 6.69. The van der Waals surface area contributed by atoms with Crippen LogP contribution in [0.25, 0.3) is 0 Å². The quantitative estimate of drug-likeness (QED) is 0.822. The molecule has 0 unspecified atom stereocenters. The van der Waals surface area contributed by atoms with Crippen molar-refractivity contribution in [2.45, 2.75) is 38.9 Å². The van der Waals surface area contributed by atoms with Gasteiger partial charge in [-0.2, -0.15) is 13.2 Å². The van der Waals surface area contributed by atoms with E-state index in [2.05, 4.69) is 21.5 Å². The highest BCUT2D eigenvalue weighted by atomic mass is 19.4. The lowest BCUT2D eigenvalue weighted by molar-refractivity contribution is -0.127. The van der Waals surface area contributed by atoms with Crippen LogP contribution in [0, 0.1) is 12.3 Å². The molecule has 0 fully saturated rings. The molecule has 0 atom stereocenters. The number of rotatable bonds is 5. The Kier molecular flexibility index (Phi) is 5.42. The molecular formula is C15H18F3N3O. The summed E-state index contributed by atoms with van der Waals surface area (Å²) >= 11 is 0. The fraction of sp³-hybridized carbons (Fsp3) is 0.467. The van der Waals surface area contributed by atoms with Crippen molar-refractivity contribution in [3.8, 4) is 12.3 Å². The van der Waals surface area contributed by atoms with E-state index in [4.69, 9.17) is 6.42 Å². The number of nitrogens with one attached hydrogen (secondary N) is 2. The van der Waals surface area contributed by atoms with Crippen LogP contribution in [0.3, 0.4) is 0 Å². The molecule has 1 aromatic rings. The highest BCUT2D eigenvalue weighted by molar-refractivity contribution is 5.99. The normalized spacial score (nSPS) is 11.7. The smallest absolute Gasteiger partial charge is 0.370 e. The minimum Gasteiger partial charge on any atom is -0.370 e. The summed E-state index contributed by atoms with van der Waals surface area (Å²) < 4.78 is 37.3.